The number of hydrogen-bond donors (Lipinski definition) is 2. The topological polar surface area (TPSA) is 58.6 Å². The second-order valence-corrected chi connectivity index (χ2v) is 8.16. The predicted molar refractivity (Wildman–Crippen MR) is 109 cm³/mol. The number of amides is 1. The molecule has 27 heavy (non-hydrogen) atoms. The van der Waals surface area contributed by atoms with Crippen LogP contribution >= 0.6 is 0 Å². The molecule has 0 saturated heterocycles. The highest BCUT2D eigenvalue weighted by Gasteiger charge is 2.37. The molecule has 0 aromatic heterocycles. The van der Waals surface area contributed by atoms with E-state index in [1.54, 1.807) is 0 Å². The lowest BCUT2D eigenvalue weighted by Gasteiger charge is -2.40. The molecule has 2 aromatic carbocycles. The molecular weight excluding hydrogens is 338 g/mol. The lowest BCUT2D eigenvalue weighted by atomic mass is 9.70. The van der Waals surface area contributed by atoms with Crippen LogP contribution in [0.2, 0.25) is 0 Å². The van der Waals surface area contributed by atoms with Crippen LogP contribution in [0.25, 0.3) is 11.1 Å². The first-order chi connectivity index (χ1) is 12.7. The number of carboxylic acid groups (broad SMARTS) is 1. The summed E-state index contributed by atoms with van der Waals surface area (Å²) < 4.78 is 5.76. The van der Waals surface area contributed by atoms with Crippen molar-refractivity contribution in [1.29, 1.82) is 0 Å². The third-order valence-corrected chi connectivity index (χ3v) is 5.62. The van der Waals surface area contributed by atoms with Crippen molar-refractivity contribution < 1.29 is 14.6 Å². The smallest absolute Gasteiger partial charge is 0.405 e. The van der Waals surface area contributed by atoms with Crippen LogP contribution in [0.1, 0.15) is 55.5 Å². The van der Waals surface area contributed by atoms with Gasteiger partial charge in [0.15, 0.2) is 0 Å². The molecule has 2 aromatic rings. The maximum atomic E-state index is 11.3. The summed E-state index contributed by atoms with van der Waals surface area (Å²) in [5.74, 6) is 0.965. The first kappa shape index (κ1) is 19.3. The van der Waals surface area contributed by atoms with E-state index in [2.05, 4.69) is 63.3 Å². The normalized spacial score (nSPS) is 17.9. The van der Waals surface area contributed by atoms with E-state index in [0.29, 0.717) is 6.61 Å². The van der Waals surface area contributed by atoms with E-state index >= 15 is 0 Å². The summed E-state index contributed by atoms with van der Waals surface area (Å²) in [4.78, 5) is 11.3. The van der Waals surface area contributed by atoms with Gasteiger partial charge >= 0.3 is 6.09 Å². The third kappa shape index (κ3) is 3.80. The van der Waals surface area contributed by atoms with Crippen LogP contribution in [0, 0.1) is 19.3 Å². The van der Waals surface area contributed by atoms with Crippen molar-refractivity contribution in [2.24, 2.45) is 5.41 Å². The van der Waals surface area contributed by atoms with Crippen LogP contribution in [0.5, 0.6) is 5.75 Å². The van der Waals surface area contributed by atoms with Gasteiger partial charge in [0, 0.05) is 0 Å². The van der Waals surface area contributed by atoms with Gasteiger partial charge in [-0.25, -0.2) is 4.79 Å². The maximum absolute atomic E-state index is 11.3. The molecule has 1 aliphatic carbocycles. The van der Waals surface area contributed by atoms with E-state index in [-0.39, 0.29) is 11.5 Å². The fourth-order valence-corrected chi connectivity index (χ4v) is 4.19. The zero-order valence-corrected chi connectivity index (χ0v) is 16.8. The van der Waals surface area contributed by atoms with Crippen LogP contribution in [-0.4, -0.2) is 17.8 Å². The maximum Gasteiger partial charge on any atom is 0.405 e. The van der Waals surface area contributed by atoms with E-state index in [0.717, 1.165) is 40.8 Å². The van der Waals surface area contributed by atoms with Crippen LogP contribution < -0.4 is 10.1 Å². The number of hydrogen-bond acceptors (Lipinski definition) is 2. The van der Waals surface area contributed by atoms with Crippen LogP contribution in [0.4, 0.5) is 4.79 Å². The third-order valence-electron chi connectivity index (χ3n) is 5.62. The lowest BCUT2D eigenvalue weighted by molar-refractivity contribution is 0.161. The van der Waals surface area contributed by atoms with Gasteiger partial charge < -0.3 is 15.2 Å². The summed E-state index contributed by atoms with van der Waals surface area (Å²) in [6.07, 6.45) is 0.946. The van der Waals surface area contributed by atoms with Gasteiger partial charge in [0.2, 0.25) is 0 Å². The molecule has 1 aliphatic rings. The largest absolute Gasteiger partial charge is 0.493 e. The van der Waals surface area contributed by atoms with Crippen LogP contribution in [0.3, 0.4) is 0 Å². The Labute approximate surface area is 161 Å². The zero-order chi connectivity index (χ0) is 19.8. The highest BCUT2D eigenvalue weighted by atomic mass is 16.5. The summed E-state index contributed by atoms with van der Waals surface area (Å²) in [5, 5.41) is 12.0. The Balaban J connectivity index is 2.01. The molecule has 0 fully saturated rings. The van der Waals surface area contributed by atoms with E-state index in [9.17, 15) is 9.90 Å². The molecule has 0 radical (unpaired) electrons. The summed E-state index contributed by atoms with van der Waals surface area (Å²) >= 11 is 0. The van der Waals surface area contributed by atoms with Gasteiger partial charge in [-0.1, -0.05) is 32.0 Å². The average Bonchev–Trinajstić information content (AvgIpc) is 2.60. The van der Waals surface area contributed by atoms with Gasteiger partial charge in [-0.2, -0.15) is 0 Å². The Morgan fingerprint density at radius 2 is 1.85 bits per heavy atom. The van der Waals surface area contributed by atoms with Gasteiger partial charge in [0.1, 0.15) is 5.75 Å². The van der Waals surface area contributed by atoms with E-state index in [1.165, 1.54) is 11.1 Å². The van der Waals surface area contributed by atoms with E-state index in [4.69, 9.17) is 4.74 Å². The molecule has 1 amide bonds. The van der Waals surface area contributed by atoms with Crippen molar-refractivity contribution in [2.45, 2.75) is 53.5 Å². The van der Waals surface area contributed by atoms with Crippen molar-refractivity contribution in [2.75, 3.05) is 6.61 Å². The number of carbonyl (C=O) groups is 1. The fourth-order valence-electron chi connectivity index (χ4n) is 4.19. The van der Waals surface area contributed by atoms with Crippen molar-refractivity contribution >= 4 is 6.09 Å². The fraction of sp³-hybridized carbons (Fsp3) is 0.435. The molecule has 1 atom stereocenters. The lowest BCUT2D eigenvalue weighted by Crippen LogP contribution is -2.40. The first-order valence-corrected chi connectivity index (χ1v) is 9.59. The second-order valence-electron chi connectivity index (χ2n) is 8.16. The van der Waals surface area contributed by atoms with Gasteiger partial charge in [0.05, 0.1) is 12.6 Å². The van der Waals surface area contributed by atoms with Crippen molar-refractivity contribution in [1.82, 2.24) is 5.32 Å². The minimum absolute atomic E-state index is 0.0980. The average molecular weight is 367 g/mol. The van der Waals surface area contributed by atoms with Gasteiger partial charge in [0.25, 0.3) is 0 Å². The molecule has 4 nitrogen and oxygen atoms in total. The van der Waals surface area contributed by atoms with E-state index < -0.39 is 6.09 Å². The molecular formula is C23H29NO3. The SMILES string of the molecule is CCOc1c(C)cc(-c2ccc3c(c2)CCC(C)(C)[C@H]3NC(=O)O)cc1C. The van der Waals surface area contributed by atoms with Crippen LogP contribution in [0.15, 0.2) is 30.3 Å². The molecule has 3 rings (SSSR count). The summed E-state index contributed by atoms with van der Waals surface area (Å²) in [7, 11) is 0. The highest BCUT2D eigenvalue weighted by Crippen LogP contribution is 2.44. The quantitative estimate of drug-likeness (QED) is 0.734. The van der Waals surface area contributed by atoms with Gasteiger partial charge in [-0.3, -0.25) is 0 Å². The van der Waals surface area contributed by atoms with Gasteiger partial charge in [-0.15, -0.1) is 0 Å². The predicted octanol–water partition coefficient (Wildman–Crippen LogP) is 5.65. The zero-order valence-electron chi connectivity index (χ0n) is 16.8. The van der Waals surface area contributed by atoms with Crippen molar-refractivity contribution in [3.63, 3.8) is 0 Å². The molecule has 0 unspecified atom stereocenters. The van der Waals surface area contributed by atoms with Gasteiger partial charge in [-0.05, 0) is 84.5 Å². The Bertz CT molecular complexity index is 847. The second kappa shape index (κ2) is 7.26. The monoisotopic (exact) mass is 367 g/mol. The molecule has 0 spiro atoms. The number of fused-ring (bicyclic) bond motifs is 1. The number of aryl methyl sites for hydroxylation is 3. The molecule has 4 heteroatoms. The molecule has 2 N–H and O–H groups in total. The molecule has 0 aliphatic heterocycles. The highest BCUT2D eigenvalue weighted by molar-refractivity contribution is 5.70. The number of nitrogens with one attached hydrogen (secondary N) is 1. The number of benzene rings is 2. The standard InChI is InChI=1S/C23H29NO3/c1-6-27-20-14(2)11-18(12-15(20)3)16-7-8-19-17(13-16)9-10-23(4,5)21(19)24-22(25)26/h7-8,11-13,21,24H,6,9-10H2,1-5H3,(H,25,26)/t21-/m0/s1. The Morgan fingerprint density at radius 1 is 1.19 bits per heavy atom. The van der Waals surface area contributed by atoms with Crippen molar-refractivity contribution in [3.8, 4) is 16.9 Å². The molecule has 144 valence electrons. The molecule has 0 heterocycles. The summed E-state index contributed by atoms with van der Waals surface area (Å²) in [6, 6.07) is 10.6. The first-order valence-electron chi connectivity index (χ1n) is 9.59. The van der Waals surface area contributed by atoms with E-state index in [1.807, 2.05) is 6.92 Å². The Morgan fingerprint density at radius 3 is 2.44 bits per heavy atom. The summed E-state index contributed by atoms with van der Waals surface area (Å²) in [5.41, 5.74) is 6.83. The minimum atomic E-state index is -0.970. The Hall–Kier alpha value is -2.49. The number of ether oxygens (including phenoxy) is 1. The van der Waals surface area contributed by atoms with Crippen molar-refractivity contribution in [3.05, 3.63) is 52.6 Å². The Kier molecular flexibility index (Phi) is 5.18. The minimum Gasteiger partial charge on any atom is -0.493 e. The van der Waals surface area contributed by atoms with Crippen LogP contribution in [-0.2, 0) is 6.42 Å². The number of rotatable bonds is 4. The molecule has 0 bridgehead atoms. The molecule has 0 saturated carbocycles. The summed E-state index contributed by atoms with van der Waals surface area (Å²) in [6.45, 7) is 11.1.